The van der Waals surface area contributed by atoms with Gasteiger partial charge >= 0.3 is 6.09 Å². The highest BCUT2D eigenvalue weighted by atomic mass is 16.7. The van der Waals surface area contributed by atoms with Crippen molar-refractivity contribution in [1.82, 2.24) is 4.90 Å². The molecule has 0 aromatic heterocycles. The maximum atomic E-state index is 14.9. The van der Waals surface area contributed by atoms with Crippen molar-refractivity contribution in [2.24, 2.45) is 22.9 Å². The molecule has 13 heteroatoms. The first-order chi connectivity index (χ1) is 34.9. The van der Waals surface area contributed by atoms with E-state index in [1.54, 1.807) is 29.2 Å². The zero-order valence-corrected chi connectivity index (χ0v) is 42.1. The number of ether oxygens (including phenoxy) is 5. The molecule has 0 bridgehead atoms. The first-order valence-electron chi connectivity index (χ1n) is 26.5. The van der Waals surface area contributed by atoms with Crippen LogP contribution in [0.15, 0.2) is 102 Å². The standard InChI is InChI=1S/C58H80N2O11/c1-3-5-6-7-8-9-10-11-12-20-35-67-57(65)60(30-36-66-37-33-63)54-41-52(59-69-43-44-22-14-13-15-23-44)50-39-46(25-16-18-31-61)49(27-17-19-32-62)55-51-40-48(70-47-26-21-24-45(38-47)42-64)28-29-53(51)71-58(54,56(50)55)68-34-4-2/h4,13-15,21-24,26,28-29,38-40,42,46,49,54-56,61-63H,2-3,5-12,16-20,25,27,30-37,41,43H2,1H3/t46-,49+,54-,55+,56+,58+/m0/s1. The molecule has 13 nitrogen and oxygen atoms in total. The summed E-state index contributed by atoms with van der Waals surface area (Å²) < 4.78 is 33.1. The van der Waals surface area contributed by atoms with Crippen molar-refractivity contribution in [3.8, 4) is 17.2 Å². The molecule has 2 aliphatic carbocycles. The van der Waals surface area contributed by atoms with Crippen molar-refractivity contribution < 1.29 is 53.4 Å². The largest absolute Gasteiger partial charge is 0.459 e. The first kappa shape index (κ1) is 55.3. The zero-order chi connectivity index (χ0) is 50.1. The van der Waals surface area contributed by atoms with Crippen molar-refractivity contribution in [3.63, 3.8) is 0 Å². The number of hydrogen-bond acceptors (Lipinski definition) is 12. The van der Waals surface area contributed by atoms with Crippen LogP contribution in [0.1, 0.15) is 143 Å². The third kappa shape index (κ3) is 15.5. The molecule has 1 heterocycles. The lowest BCUT2D eigenvalue weighted by atomic mass is 9.55. The summed E-state index contributed by atoms with van der Waals surface area (Å²) in [5.74, 6) is -0.678. The van der Waals surface area contributed by atoms with Crippen LogP contribution in [0.3, 0.4) is 0 Å². The number of amides is 1. The van der Waals surface area contributed by atoms with Gasteiger partial charge in [-0.1, -0.05) is 137 Å². The number of aldehydes is 1. The Labute approximate surface area is 422 Å². The Kier molecular flexibility index (Phi) is 23.4. The summed E-state index contributed by atoms with van der Waals surface area (Å²) in [6.07, 6.45) is 20.4. The summed E-state index contributed by atoms with van der Waals surface area (Å²) in [5, 5.41) is 34.7. The lowest BCUT2D eigenvalue weighted by Crippen LogP contribution is -2.70. The van der Waals surface area contributed by atoms with E-state index in [1.165, 1.54) is 38.5 Å². The van der Waals surface area contributed by atoms with Crippen LogP contribution in [0.25, 0.3) is 0 Å². The normalized spacial score (nSPS) is 21.6. The van der Waals surface area contributed by atoms with Crippen LogP contribution in [0.4, 0.5) is 4.79 Å². The molecular weight excluding hydrogens is 901 g/mol. The molecule has 0 unspecified atom stereocenters. The van der Waals surface area contributed by atoms with Gasteiger partial charge in [0.2, 0.25) is 5.79 Å². The second kappa shape index (κ2) is 30.1. The molecule has 1 amide bonds. The molecule has 0 saturated heterocycles. The molecule has 6 atom stereocenters. The van der Waals surface area contributed by atoms with E-state index in [9.17, 15) is 24.9 Å². The van der Waals surface area contributed by atoms with E-state index in [0.717, 1.165) is 74.4 Å². The SMILES string of the molecule is C=CCO[C@@]12Oc3ccc(Oc4cccc(C=O)c4)cc3[C@H]3[C@H](CCCCO)[C@@H](CCCCO)C=C(C(=NOCc4ccccc4)C[C@@H]1N(CCOCCO)C(=O)OCCCCCCCCCCCC)[C@H]32. The number of benzene rings is 3. The molecule has 1 saturated carbocycles. The number of carbonyl (C=O) groups excluding carboxylic acids is 2. The highest BCUT2D eigenvalue weighted by molar-refractivity contribution is 6.03. The van der Waals surface area contributed by atoms with Gasteiger partial charge in [-0.3, -0.25) is 9.69 Å². The Bertz CT molecular complexity index is 2130. The summed E-state index contributed by atoms with van der Waals surface area (Å²) in [6, 6.07) is 21.8. The van der Waals surface area contributed by atoms with Gasteiger partial charge in [-0.25, -0.2) is 4.79 Å². The van der Waals surface area contributed by atoms with Crippen LogP contribution in [-0.4, -0.2) is 103 Å². The van der Waals surface area contributed by atoms with Gasteiger partial charge in [0.05, 0.1) is 44.7 Å². The molecule has 0 spiro atoms. The third-order valence-electron chi connectivity index (χ3n) is 14.2. The summed E-state index contributed by atoms with van der Waals surface area (Å²) in [4.78, 5) is 34.5. The van der Waals surface area contributed by atoms with Gasteiger partial charge < -0.3 is 43.8 Å². The Morgan fingerprint density at radius 1 is 0.817 bits per heavy atom. The molecule has 3 aromatic carbocycles. The molecule has 388 valence electrons. The zero-order valence-electron chi connectivity index (χ0n) is 42.1. The quantitative estimate of drug-likeness (QED) is 0.0226. The van der Waals surface area contributed by atoms with E-state index in [0.29, 0.717) is 41.4 Å². The lowest BCUT2D eigenvalue weighted by Gasteiger charge is -2.59. The van der Waals surface area contributed by atoms with Crippen LogP contribution in [0, 0.1) is 17.8 Å². The van der Waals surface area contributed by atoms with E-state index in [2.05, 4.69) is 19.6 Å². The maximum Gasteiger partial charge on any atom is 0.410 e. The number of nitrogens with zero attached hydrogens (tertiary/aromatic N) is 2. The number of allylic oxidation sites excluding steroid dienone is 1. The average molecular weight is 981 g/mol. The third-order valence-corrected chi connectivity index (χ3v) is 14.2. The number of fused-ring (bicyclic) bond motifs is 2. The van der Waals surface area contributed by atoms with Gasteiger partial charge in [-0.2, -0.15) is 0 Å². The Balaban J connectivity index is 1.45. The van der Waals surface area contributed by atoms with E-state index in [4.69, 9.17) is 33.7 Å². The van der Waals surface area contributed by atoms with Crippen LogP contribution in [0.2, 0.25) is 0 Å². The van der Waals surface area contributed by atoms with E-state index < -0.39 is 23.8 Å². The number of oxime groups is 1. The predicted octanol–water partition coefficient (Wildman–Crippen LogP) is 11.5. The molecule has 0 radical (unpaired) electrons. The second-order valence-corrected chi connectivity index (χ2v) is 19.1. The first-order valence-corrected chi connectivity index (χ1v) is 26.5. The number of carbonyl (C=O) groups is 2. The maximum absolute atomic E-state index is 14.9. The van der Waals surface area contributed by atoms with E-state index >= 15 is 0 Å². The fraction of sp³-hybridized carbons (Fsp3) is 0.569. The minimum atomic E-state index is -1.50. The Morgan fingerprint density at radius 2 is 1.55 bits per heavy atom. The van der Waals surface area contributed by atoms with Crippen LogP contribution in [0.5, 0.6) is 17.2 Å². The van der Waals surface area contributed by atoms with Crippen LogP contribution >= 0.6 is 0 Å². The average Bonchev–Trinajstić information content (AvgIpc) is 3.39. The van der Waals surface area contributed by atoms with Gasteiger partial charge in [0.25, 0.3) is 0 Å². The van der Waals surface area contributed by atoms with Crippen molar-refractivity contribution in [3.05, 3.63) is 114 Å². The minimum absolute atomic E-state index is 0.00754. The van der Waals surface area contributed by atoms with Gasteiger partial charge in [-0.15, -0.1) is 6.58 Å². The predicted molar refractivity (Wildman–Crippen MR) is 276 cm³/mol. The molecule has 1 aliphatic heterocycles. The summed E-state index contributed by atoms with van der Waals surface area (Å²) >= 11 is 0. The Morgan fingerprint density at radius 3 is 2.27 bits per heavy atom. The number of aliphatic hydroxyl groups is 3. The topological polar surface area (TPSA) is 166 Å². The summed E-state index contributed by atoms with van der Waals surface area (Å²) in [6.45, 7) is 7.18. The number of aliphatic hydroxyl groups excluding tert-OH is 3. The number of hydrogen-bond donors (Lipinski definition) is 3. The molecule has 3 aliphatic rings. The molecule has 71 heavy (non-hydrogen) atoms. The monoisotopic (exact) mass is 981 g/mol. The van der Waals surface area contributed by atoms with Crippen molar-refractivity contribution in [2.75, 3.05) is 52.8 Å². The van der Waals surface area contributed by atoms with Gasteiger partial charge in [0.1, 0.15) is 36.2 Å². The van der Waals surface area contributed by atoms with Gasteiger partial charge in [0.15, 0.2) is 0 Å². The van der Waals surface area contributed by atoms with Crippen LogP contribution in [-0.2, 0) is 25.7 Å². The van der Waals surface area contributed by atoms with Gasteiger partial charge in [-0.05, 0) is 85.4 Å². The highest BCUT2D eigenvalue weighted by Crippen LogP contribution is 2.62. The van der Waals surface area contributed by atoms with E-state index in [1.807, 2.05) is 54.6 Å². The summed E-state index contributed by atoms with van der Waals surface area (Å²) in [5.41, 5.74) is 3.91. The van der Waals surface area contributed by atoms with Crippen molar-refractivity contribution >= 4 is 18.1 Å². The molecule has 3 N–H and O–H groups in total. The van der Waals surface area contributed by atoms with Crippen molar-refractivity contribution in [2.45, 2.75) is 140 Å². The number of unbranched alkanes of at least 4 members (excludes halogenated alkanes) is 11. The second-order valence-electron chi connectivity index (χ2n) is 19.1. The fourth-order valence-corrected chi connectivity index (χ4v) is 10.8. The van der Waals surface area contributed by atoms with Crippen molar-refractivity contribution in [1.29, 1.82) is 0 Å². The minimum Gasteiger partial charge on any atom is -0.459 e. The smallest absolute Gasteiger partial charge is 0.410 e. The Hall–Kier alpha value is -5.05. The van der Waals surface area contributed by atoms with Gasteiger partial charge in [0, 0.05) is 43.2 Å². The fourth-order valence-electron chi connectivity index (χ4n) is 10.8. The molecule has 1 fully saturated rings. The highest BCUT2D eigenvalue weighted by Gasteiger charge is 2.65. The summed E-state index contributed by atoms with van der Waals surface area (Å²) in [7, 11) is 0. The lowest BCUT2D eigenvalue weighted by molar-refractivity contribution is -0.256. The van der Waals surface area contributed by atoms with E-state index in [-0.39, 0.29) is 83.6 Å². The number of rotatable bonds is 34. The molecule has 3 aromatic rings. The molecule has 6 rings (SSSR count). The molecular formula is C58H80N2O11. The van der Waals surface area contributed by atoms with Crippen LogP contribution < -0.4 is 9.47 Å².